The first-order valence-corrected chi connectivity index (χ1v) is 10.2. The summed E-state index contributed by atoms with van der Waals surface area (Å²) in [5.41, 5.74) is 4.80. The van der Waals surface area contributed by atoms with Crippen LogP contribution in [0.15, 0.2) is 48.5 Å². The van der Waals surface area contributed by atoms with E-state index >= 15 is 0 Å². The van der Waals surface area contributed by atoms with Gasteiger partial charge in [-0.3, -0.25) is 9.80 Å². The molecule has 2 heterocycles. The first-order valence-electron chi connectivity index (χ1n) is 10.2. The number of morpholine rings is 1. The molecule has 2 aromatic rings. The molecule has 2 aliphatic heterocycles. The minimum atomic E-state index is -0.444. The van der Waals surface area contributed by atoms with Gasteiger partial charge in [-0.2, -0.15) is 0 Å². The average Bonchev–Trinajstić information content (AvgIpc) is 3.22. The SMILES string of the molecule is OC(CN1CCOCC1)c1ccc(-c2ccc(CN3CCCC3)cc2)cc1. The molecule has 4 heteroatoms. The molecule has 0 radical (unpaired) electrons. The summed E-state index contributed by atoms with van der Waals surface area (Å²) in [6.45, 7) is 7.53. The number of likely N-dealkylation sites (tertiary alicyclic amines) is 1. The van der Waals surface area contributed by atoms with E-state index in [9.17, 15) is 5.11 Å². The molecule has 2 saturated heterocycles. The zero-order chi connectivity index (χ0) is 18.5. The first kappa shape index (κ1) is 18.6. The molecule has 0 aliphatic carbocycles. The Bertz CT molecular complexity index is 702. The lowest BCUT2D eigenvalue weighted by Gasteiger charge is -2.28. The van der Waals surface area contributed by atoms with Crippen LogP contribution in [-0.2, 0) is 11.3 Å². The Labute approximate surface area is 162 Å². The van der Waals surface area contributed by atoms with E-state index in [2.05, 4.69) is 58.3 Å². The van der Waals surface area contributed by atoms with Crippen molar-refractivity contribution < 1.29 is 9.84 Å². The molecule has 2 aliphatic rings. The van der Waals surface area contributed by atoms with Crippen molar-refractivity contribution in [3.63, 3.8) is 0 Å². The minimum Gasteiger partial charge on any atom is -0.387 e. The van der Waals surface area contributed by atoms with Crippen LogP contribution in [0.2, 0.25) is 0 Å². The molecule has 27 heavy (non-hydrogen) atoms. The Kier molecular flexibility index (Phi) is 6.20. The number of hydrogen-bond acceptors (Lipinski definition) is 4. The molecule has 1 atom stereocenters. The third-order valence-corrected chi connectivity index (χ3v) is 5.72. The second kappa shape index (κ2) is 8.98. The molecule has 1 N–H and O–H groups in total. The normalized spacial score (nSPS) is 20.0. The summed E-state index contributed by atoms with van der Waals surface area (Å²) in [5.74, 6) is 0. The maximum atomic E-state index is 10.5. The van der Waals surface area contributed by atoms with E-state index in [0.717, 1.165) is 38.4 Å². The quantitative estimate of drug-likeness (QED) is 0.851. The smallest absolute Gasteiger partial charge is 0.0916 e. The van der Waals surface area contributed by atoms with Crippen LogP contribution in [0, 0.1) is 0 Å². The largest absolute Gasteiger partial charge is 0.387 e. The highest BCUT2D eigenvalue weighted by atomic mass is 16.5. The van der Waals surface area contributed by atoms with Gasteiger partial charge < -0.3 is 9.84 Å². The zero-order valence-electron chi connectivity index (χ0n) is 16.0. The molecular weight excluding hydrogens is 336 g/mol. The second-order valence-corrected chi connectivity index (χ2v) is 7.73. The lowest BCUT2D eigenvalue weighted by Crippen LogP contribution is -2.38. The molecule has 2 aromatic carbocycles. The molecule has 0 aromatic heterocycles. The number of rotatable bonds is 6. The summed E-state index contributed by atoms with van der Waals surface area (Å²) >= 11 is 0. The van der Waals surface area contributed by atoms with Crippen LogP contribution in [0.1, 0.15) is 30.1 Å². The first-order chi connectivity index (χ1) is 13.3. The fourth-order valence-corrected chi connectivity index (χ4v) is 4.03. The Morgan fingerprint density at radius 1 is 0.778 bits per heavy atom. The van der Waals surface area contributed by atoms with E-state index in [0.29, 0.717) is 6.54 Å². The molecule has 0 bridgehead atoms. The highest BCUT2D eigenvalue weighted by molar-refractivity contribution is 5.64. The van der Waals surface area contributed by atoms with Crippen LogP contribution >= 0.6 is 0 Å². The van der Waals surface area contributed by atoms with Crippen LogP contribution in [0.25, 0.3) is 11.1 Å². The Balaban J connectivity index is 1.36. The van der Waals surface area contributed by atoms with Crippen LogP contribution in [0.3, 0.4) is 0 Å². The van der Waals surface area contributed by atoms with E-state index in [1.807, 2.05) is 0 Å². The van der Waals surface area contributed by atoms with Crippen molar-refractivity contribution >= 4 is 0 Å². The monoisotopic (exact) mass is 366 g/mol. The summed E-state index contributed by atoms with van der Waals surface area (Å²) in [5, 5.41) is 10.5. The molecule has 144 valence electrons. The third-order valence-electron chi connectivity index (χ3n) is 5.72. The molecule has 4 rings (SSSR count). The number of nitrogens with zero attached hydrogens (tertiary/aromatic N) is 2. The van der Waals surface area contributed by atoms with Gasteiger partial charge in [0, 0.05) is 26.2 Å². The van der Waals surface area contributed by atoms with Crippen LogP contribution in [-0.4, -0.2) is 60.8 Å². The van der Waals surface area contributed by atoms with Gasteiger partial charge in [0.1, 0.15) is 0 Å². The number of benzene rings is 2. The van der Waals surface area contributed by atoms with Crippen molar-refractivity contribution in [2.75, 3.05) is 45.9 Å². The Morgan fingerprint density at radius 2 is 1.37 bits per heavy atom. The van der Waals surface area contributed by atoms with Gasteiger partial charge in [-0.05, 0) is 48.2 Å². The summed E-state index contributed by atoms with van der Waals surface area (Å²) in [6, 6.07) is 17.3. The van der Waals surface area contributed by atoms with E-state index < -0.39 is 6.10 Å². The van der Waals surface area contributed by atoms with Gasteiger partial charge in [0.25, 0.3) is 0 Å². The van der Waals surface area contributed by atoms with Gasteiger partial charge in [0.2, 0.25) is 0 Å². The van der Waals surface area contributed by atoms with Crippen LogP contribution in [0.4, 0.5) is 0 Å². The van der Waals surface area contributed by atoms with Gasteiger partial charge in [-0.25, -0.2) is 0 Å². The number of aliphatic hydroxyl groups excluding tert-OH is 1. The standard InChI is InChI=1S/C23H30N2O2/c26-23(18-25-13-15-27-16-14-25)22-9-7-21(8-10-22)20-5-3-19(4-6-20)17-24-11-1-2-12-24/h3-10,23,26H,1-2,11-18H2. The van der Waals surface area contributed by atoms with Gasteiger partial charge in [0.15, 0.2) is 0 Å². The van der Waals surface area contributed by atoms with Gasteiger partial charge in [-0.1, -0.05) is 48.5 Å². The molecule has 1 unspecified atom stereocenters. The lowest BCUT2D eigenvalue weighted by molar-refractivity contribution is 0.0143. The molecule has 2 fully saturated rings. The molecule has 0 saturated carbocycles. The summed E-state index contributed by atoms with van der Waals surface area (Å²) in [4.78, 5) is 4.79. The van der Waals surface area contributed by atoms with E-state index in [1.165, 1.54) is 42.6 Å². The van der Waals surface area contributed by atoms with Crippen LogP contribution in [0.5, 0.6) is 0 Å². The second-order valence-electron chi connectivity index (χ2n) is 7.73. The van der Waals surface area contributed by atoms with Crippen molar-refractivity contribution in [1.29, 1.82) is 0 Å². The average molecular weight is 367 g/mol. The topological polar surface area (TPSA) is 35.9 Å². The zero-order valence-corrected chi connectivity index (χ0v) is 16.0. The van der Waals surface area contributed by atoms with E-state index in [1.54, 1.807) is 0 Å². The minimum absolute atomic E-state index is 0.444. The van der Waals surface area contributed by atoms with Crippen molar-refractivity contribution in [1.82, 2.24) is 9.80 Å². The molecule has 0 spiro atoms. The predicted octanol–water partition coefficient (Wildman–Crippen LogP) is 3.32. The summed E-state index contributed by atoms with van der Waals surface area (Å²) in [7, 11) is 0. The highest BCUT2D eigenvalue weighted by Gasteiger charge is 2.16. The van der Waals surface area contributed by atoms with Crippen molar-refractivity contribution in [3.8, 4) is 11.1 Å². The number of ether oxygens (including phenoxy) is 1. The van der Waals surface area contributed by atoms with Crippen LogP contribution < -0.4 is 0 Å². The van der Waals surface area contributed by atoms with Crippen molar-refractivity contribution in [2.24, 2.45) is 0 Å². The van der Waals surface area contributed by atoms with Crippen molar-refractivity contribution in [3.05, 3.63) is 59.7 Å². The van der Waals surface area contributed by atoms with Gasteiger partial charge in [-0.15, -0.1) is 0 Å². The number of hydrogen-bond donors (Lipinski definition) is 1. The number of β-amino-alcohol motifs (C(OH)–C–C–N with tert-alkyl or cyclic N) is 1. The number of aliphatic hydroxyl groups is 1. The van der Waals surface area contributed by atoms with E-state index in [4.69, 9.17) is 4.74 Å². The fraction of sp³-hybridized carbons (Fsp3) is 0.478. The van der Waals surface area contributed by atoms with Gasteiger partial charge >= 0.3 is 0 Å². The maximum Gasteiger partial charge on any atom is 0.0916 e. The molecular formula is C23H30N2O2. The Morgan fingerprint density at radius 3 is 2.00 bits per heavy atom. The summed E-state index contributed by atoms with van der Waals surface area (Å²) < 4.78 is 5.37. The Hall–Kier alpha value is -1.72. The van der Waals surface area contributed by atoms with E-state index in [-0.39, 0.29) is 0 Å². The molecule has 4 nitrogen and oxygen atoms in total. The summed E-state index contributed by atoms with van der Waals surface area (Å²) in [6.07, 6.45) is 2.23. The third kappa shape index (κ3) is 4.96. The fourth-order valence-electron chi connectivity index (χ4n) is 4.03. The predicted molar refractivity (Wildman–Crippen MR) is 109 cm³/mol. The van der Waals surface area contributed by atoms with Crippen molar-refractivity contribution in [2.45, 2.75) is 25.5 Å². The maximum absolute atomic E-state index is 10.5. The lowest BCUT2D eigenvalue weighted by atomic mass is 10.0. The van der Waals surface area contributed by atoms with Gasteiger partial charge in [0.05, 0.1) is 19.3 Å². The molecule has 0 amide bonds. The highest BCUT2D eigenvalue weighted by Crippen LogP contribution is 2.24.